The summed E-state index contributed by atoms with van der Waals surface area (Å²) in [4.78, 5) is 14.7. The molecule has 1 aliphatic rings. The summed E-state index contributed by atoms with van der Waals surface area (Å²) in [5, 5.41) is 12.1. The second-order valence-electron chi connectivity index (χ2n) is 5.81. The SMILES string of the molecule is CCCN(Cc1ccc(C#N)cc1)C(=O)[C@@H]1CNC[C@H]1C. The van der Waals surface area contributed by atoms with Gasteiger partial charge in [0.15, 0.2) is 0 Å². The summed E-state index contributed by atoms with van der Waals surface area (Å²) in [6.07, 6.45) is 0.955. The Kier molecular flexibility index (Phi) is 5.35. The molecule has 1 fully saturated rings. The average molecular weight is 285 g/mol. The molecule has 0 saturated carbocycles. The zero-order valence-electron chi connectivity index (χ0n) is 12.8. The maximum atomic E-state index is 12.7. The summed E-state index contributed by atoms with van der Waals surface area (Å²) < 4.78 is 0. The lowest BCUT2D eigenvalue weighted by atomic mass is 9.96. The molecule has 2 rings (SSSR count). The van der Waals surface area contributed by atoms with Crippen LogP contribution in [-0.2, 0) is 11.3 Å². The first kappa shape index (κ1) is 15.5. The van der Waals surface area contributed by atoms with Crippen LogP contribution >= 0.6 is 0 Å². The molecule has 1 N–H and O–H groups in total. The van der Waals surface area contributed by atoms with Gasteiger partial charge >= 0.3 is 0 Å². The van der Waals surface area contributed by atoms with Crippen molar-refractivity contribution in [1.82, 2.24) is 10.2 Å². The van der Waals surface area contributed by atoms with E-state index in [4.69, 9.17) is 5.26 Å². The van der Waals surface area contributed by atoms with Crippen LogP contribution in [-0.4, -0.2) is 30.4 Å². The Morgan fingerprint density at radius 3 is 2.62 bits per heavy atom. The van der Waals surface area contributed by atoms with Crippen molar-refractivity contribution < 1.29 is 4.79 Å². The normalized spacial score (nSPS) is 21.0. The number of hydrogen-bond donors (Lipinski definition) is 1. The molecule has 21 heavy (non-hydrogen) atoms. The highest BCUT2D eigenvalue weighted by Crippen LogP contribution is 2.20. The molecule has 0 spiro atoms. The maximum absolute atomic E-state index is 12.7. The Hall–Kier alpha value is -1.86. The first-order valence-electron chi connectivity index (χ1n) is 7.64. The van der Waals surface area contributed by atoms with Crippen LogP contribution < -0.4 is 5.32 Å². The maximum Gasteiger partial charge on any atom is 0.227 e. The fourth-order valence-electron chi connectivity index (χ4n) is 2.82. The van der Waals surface area contributed by atoms with E-state index in [2.05, 4.69) is 25.2 Å². The smallest absolute Gasteiger partial charge is 0.227 e. The van der Waals surface area contributed by atoms with Crippen LogP contribution in [0, 0.1) is 23.2 Å². The van der Waals surface area contributed by atoms with Crippen LogP contribution in [0.5, 0.6) is 0 Å². The van der Waals surface area contributed by atoms with Crippen LogP contribution in [0.15, 0.2) is 24.3 Å². The standard InChI is InChI=1S/C17H23N3O/c1-3-8-20(17(21)16-11-19-10-13(16)2)12-15-6-4-14(9-18)5-7-15/h4-7,13,16,19H,3,8,10-12H2,1-2H3/t13-,16-/m1/s1. The minimum absolute atomic E-state index is 0.0925. The predicted octanol–water partition coefficient (Wildman–Crippen LogP) is 2.15. The van der Waals surface area contributed by atoms with Gasteiger partial charge in [0, 0.05) is 19.6 Å². The quantitative estimate of drug-likeness (QED) is 0.902. The monoisotopic (exact) mass is 285 g/mol. The summed E-state index contributed by atoms with van der Waals surface area (Å²) in [7, 11) is 0. The molecule has 1 saturated heterocycles. The second-order valence-corrected chi connectivity index (χ2v) is 5.81. The topological polar surface area (TPSA) is 56.1 Å². The summed E-state index contributed by atoms with van der Waals surface area (Å²) >= 11 is 0. The lowest BCUT2D eigenvalue weighted by Crippen LogP contribution is -2.38. The van der Waals surface area contributed by atoms with Crippen LogP contribution in [0.2, 0.25) is 0 Å². The molecule has 0 aromatic heterocycles. The summed E-state index contributed by atoms with van der Waals surface area (Å²) in [6.45, 7) is 7.34. The number of rotatable bonds is 5. The van der Waals surface area contributed by atoms with E-state index < -0.39 is 0 Å². The number of amides is 1. The number of nitrogens with zero attached hydrogens (tertiary/aromatic N) is 2. The average Bonchev–Trinajstić information content (AvgIpc) is 2.93. The highest BCUT2D eigenvalue weighted by molar-refractivity contribution is 5.79. The lowest BCUT2D eigenvalue weighted by Gasteiger charge is -2.27. The molecule has 0 unspecified atom stereocenters. The fraction of sp³-hybridized carbons (Fsp3) is 0.529. The van der Waals surface area contributed by atoms with Crippen molar-refractivity contribution in [1.29, 1.82) is 5.26 Å². The van der Waals surface area contributed by atoms with Gasteiger partial charge in [-0.05, 0) is 36.6 Å². The van der Waals surface area contributed by atoms with Gasteiger partial charge in [0.25, 0.3) is 0 Å². The van der Waals surface area contributed by atoms with Gasteiger partial charge in [0.1, 0.15) is 0 Å². The summed E-state index contributed by atoms with van der Waals surface area (Å²) in [5.74, 6) is 0.742. The van der Waals surface area contributed by atoms with Crippen LogP contribution in [0.25, 0.3) is 0 Å². The first-order valence-corrected chi connectivity index (χ1v) is 7.64. The van der Waals surface area contributed by atoms with Gasteiger partial charge in [0.05, 0.1) is 17.6 Å². The molecule has 1 heterocycles. The zero-order valence-corrected chi connectivity index (χ0v) is 12.8. The van der Waals surface area contributed by atoms with E-state index in [1.165, 1.54) is 0 Å². The third-order valence-electron chi connectivity index (χ3n) is 4.10. The minimum atomic E-state index is 0.0925. The molecule has 112 valence electrons. The number of nitrogens with one attached hydrogen (secondary N) is 1. The van der Waals surface area contributed by atoms with Crippen LogP contribution in [0.3, 0.4) is 0 Å². The van der Waals surface area contributed by atoms with Crippen molar-refractivity contribution in [3.8, 4) is 6.07 Å². The van der Waals surface area contributed by atoms with E-state index in [1.807, 2.05) is 29.2 Å². The molecular formula is C17H23N3O. The van der Waals surface area contributed by atoms with E-state index in [-0.39, 0.29) is 11.8 Å². The molecule has 2 atom stereocenters. The Balaban J connectivity index is 2.07. The number of benzene rings is 1. The number of nitriles is 1. The van der Waals surface area contributed by atoms with Crippen LogP contribution in [0.1, 0.15) is 31.4 Å². The summed E-state index contributed by atoms with van der Waals surface area (Å²) in [6, 6.07) is 9.61. The van der Waals surface area contributed by atoms with E-state index in [1.54, 1.807) is 0 Å². The fourth-order valence-corrected chi connectivity index (χ4v) is 2.82. The third-order valence-corrected chi connectivity index (χ3v) is 4.10. The van der Waals surface area contributed by atoms with Crippen molar-refractivity contribution in [2.75, 3.05) is 19.6 Å². The van der Waals surface area contributed by atoms with Gasteiger partial charge in [-0.2, -0.15) is 5.26 Å². The molecule has 0 bridgehead atoms. The Morgan fingerprint density at radius 2 is 2.10 bits per heavy atom. The molecule has 0 aliphatic carbocycles. The molecule has 4 heteroatoms. The van der Waals surface area contributed by atoms with Crippen molar-refractivity contribution in [3.63, 3.8) is 0 Å². The van der Waals surface area contributed by atoms with E-state index in [0.29, 0.717) is 18.0 Å². The van der Waals surface area contributed by atoms with E-state index in [9.17, 15) is 4.79 Å². The molecule has 0 radical (unpaired) electrons. The number of hydrogen-bond acceptors (Lipinski definition) is 3. The molecular weight excluding hydrogens is 262 g/mol. The Labute approximate surface area is 126 Å². The second kappa shape index (κ2) is 7.24. The predicted molar refractivity (Wildman–Crippen MR) is 82.4 cm³/mol. The van der Waals surface area contributed by atoms with Crippen LogP contribution in [0.4, 0.5) is 0 Å². The van der Waals surface area contributed by atoms with Gasteiger partial charge in [-0.1, -0.05) is 26.0 Å². The number of carbonyl (C=O) groups excluding carboxylic acids is 1. The lowest BCUT2D eigenvalue weighted by molar-refractivity contribution is -0.136. The van der Waals surface area contributed by atoms with Gasteiger partial charge in [-0.15, -0.1) is 0 Å². The Morgan fingerprint density at radius 1 is 1.38 bits per heavy atom. The van der Waals surface area contributed by atoms with E-state index >= 15 is 0 Å². The van der Waals surface area contributed by atoms with Crippen molar-refractivity contribution in [2.24, 2.45) is 11.8 Å². The first-order chi connectivity index (χ1) is 10.2. The van der Waals surface area contributed by atoms with Gasteiger partial charge in [-0.3, -0.25) is 4.79 Å². The van der Waals surface area contributed by atoms with E-state index in [0.717, 1.165) is 31.6 Å². The largest absolute Gasteiger partial charge is 0.338 e. The zero-order chi connectivity index (χ0) is 15.2. The highest BCUT2D eigenvalue weighted by Gasteiger charge is 2.32. The summed E-state index contributed by atoms with van der Waals surface area (Å²) in [5.41, 5.74) is 1.73. The molecule has 1 aliphatic heterocycles. The third kappa shape index (κ3) is 3.83. The molecule has 4 nitrogen and oxygen atoms in total. The van der Waals surface area contributed by atoms with Crippen molar-refractivity contribution in [3.05, 3.63) is 35.4 Å². The minimum Gasteiger partial charge on any atom is -0.338 e. The molecule has 1 aromatic rings. The number of carbonyl (C=O) groups is 1. The van der Waals surface area contributed by atoms with Gasteiger partial charge in [0.2, 0.25) is 5.91 Å². The van der Waals surface area contributed by atoms with Crippen molar-refractivity contribution >= 4 is 5.91 Å². The molecule has 1 aromatic carbocycles. The Bertz CT molecular complexity index is 518. The van der Waals surface area contributed by atoms with Crippen molar-refractivity contribution in [2.45, 2.75) is 26.8 Å². The van der Waals surface area contributed by atoms with Gasteiger partial charge in [-0.25, -0.2) is 0 Å². The van der Waals surface area contributed by atoms with Gasteiger partial charge < -0.3 is 10.2 Å². The highest BCUT2D eigenvalue weighted by atomic mass is 16.2. The molecule has 1 amide bonds.